The molecular weight excluding hydrogens is 264 g/mol. The standard InChI is InChI=1S/C22H36/c1-4-7-16-10-12-19-18-11-9-17-8-5-6-14-21(17,2)20(18)13-15-22(16,19)3/h4,16-20H,1,5-15H2,2-3H3/t16?,17?,18-,19-,20+,21-,22+/m0/s1. The van der Waals surface area contributed by atoms with E-state index in [1.807, 2.05) is 0 Å². The lowest BCUT2D eigenvalue weighted by atomic mass is 9.45. The first-order valence-electron chi connectivity index (χ1n) is 10.2. The van der Waals surface area contributed by atoms with E-state index in [0.29, 0.717) is 10.8 Å². The molecule has 0 aromatic heterocycles. The molecule has 0 nitrogen and oxygen atoms in total. The zero-order chi connectivity index (χ0) is 15.4. The lowest BCUT2D eigenvalue weighted by Gasteiger charge is -2.60. The predicted octanol–water partition coefficient (Wildman–Crippen LogP) is 6.61. The summed E-state index contributed by atoms with van der Waals surface area (Å²) >= 11 is 0. The van der Waals surface area contributed by atoms with Gasteiger partial charge in [-0.25, -0.2) is 0 Å². The lowest BCUT2D eigenvalue weighted by molar-refractivity contribution is -0.110. The van der Waals surface area contributed by atoms with Crippen molar-refractivity contribution < 1.29 is 0 Å². The Bertz CT molecular complexity index is 437. The Balaban J connectivity index is 1.60. The van der Waals surface area contributed by atoms with Gasteiger partial charge in [0.15, 0.2) is 0 Å². The monoisotopic (exact) mass is 300 g/mol. The number of hydrogen-bond acceptors (Lipinski definition) is 0. The van der Waals surface area contributed by atoms with Crippen LogP contribution in [0.15, 0.2) is 12.7 Å². The van der Waals surface area contributed by atoms with E-state index in [1.165, 1.54) is 44.9 Å². The van der Waals surface area contributed by atoms with Gasteiger partial charge in [0.1, 0.15) is 0 Å². The van der Waals surface area contributed by atoms with Gasteiger partial charge in [0, 0.05) is 0 Å². The van der Waals surface area contributed by atoms with Crippen LogP contribution in [0.2, 0.25) is 0 Å². The molecule has 0 aromatic rings. The average Bonchev–Trinajstić information content (AvgIpc) is 2.84. The fourth-order valence-electron chi connectivity index (χ4n) is 7.99. The predicted molar refractivity (Wildman–Crippen MR) is 94.6 cm³/mol. The zero-order valence-electron chi connectivity index (χ0n) is 14.9. The normalized spacial score (nSPS) is 54.2. The van der Waals surface area contributed by atoms with Crippen molar-refractivity contribution in [3.63, 3.8) is 0 Å². The second kappa shape index (κ2) is 5.38. The minimum Gasteiger partial charge on any atom is -0.103 e. The van der Waals surface area contributed by atoms with Crippen LogP contribution in [0.1, 0.15) is 84.5 Å². The summed E-state index contributed by atoms with van der Waals surface area (Å²) in [6.45, 7) is 9.40. The highest BCUT2D eigenvalue weighted by Crippen LogP contribution is 2.67. The molecule has 0 heteroatoms. The Kier molecular flexibility index (Phi) is 3.74. The van der Waals surface area contributed by atoms with Gasteiger partial charge in [0.2, 0.25) is 0 Å². The molecule has 7 atom stereocenters. The van der Waals surface area contributed by atoms with E-state index >= 15 is 0 Å². The van der Waals surface area contributed by atoms with E-state index in [0.717, 1.165) is 29.6 Å². The van der Waals surface area contributed by atoms with Crippen LogP contribution in [0.5, 0.6) is 0 Å². The molecule has 22 heavy (non-hydrogen) atoms. The van der Waals surface area contributed by atoms with Crippen molar-refractivity contribution in [2.75, 3.05) is 0 Å². The van der Waals surface area contributed by atoms with Gasteiger partial charge < -0.3 is 0 Å². The summed E-state index contributed by atoms with van der Waals surface area (Å²) in [6, 6.07) is 0. The van der Waals surface area contributed by atoms with E-state index < -0.39 is 0 Å². The van der Waals surface area contributed by atoms with Crippen LogP contribution in [0.4, 0.5) is 0 Å². The topological polar surface area (TPSA) is 0 Å². The molecule has 124 valence electrons. The summed E-state index contributed by atoms with van der Waals surface area (Å²) in [4.78, 5) is 0. The van der Waals surface area contributed by atoms with Crippen LogP contribution in [-0.2, 0) is 0 Å². The van der Waals surface area contributed by atoms with Gasteiger partial charge in [-0.05, 0) is 98.2 Å². The quantitative estimate of drug-likeness (QED) is 0.503. The second-order valence-electron chi connectivity index (χ2n) is 9.75. The van der Waals surface area contributed by atoms with Crippen molar-refractivity contribution >= 4 is 0 Å². The summed E-state index contributed by atoms with van der Waals surface area (Å²) in [5, 5.41) is 0. The maximum absolute atomic E-state index is 4.04. The maximum Gasteiger partial charge on any atom is -0.0263 e. The van der Waals surface area contributed by atoms with E-state index in [1.54, 1.807) is 25.7 Å². The molecule has 0 heterocycles. The minimum absolute atomic E-state index is 0.646. The van der Waals surface area contributed by atoms with Gasteiger partial charge in [-0.15, -0.1) is 6.58 Å². The number of allylic oxidation sites excluding steroid dienone is 1. The SMILES string of the molecule is C=CCC1CC[C@H]2[C@@H]3CCC4CCCC[C@]4(C)[C@@H]3CC[C@]12C. The van der Waals surface area contributed by atoms with Crippen molar-refractivity contribution in [3.8, 4) is 0 Å². The smallest absolute Gasteiger partial charge is 0.0263 e. The van der Waals surface area contributed by atoms with Gasteiger partial charge >= 0.3 is 0 Å². The zero-order valence-corrected chi connectivity index (χ0v) is 14.9. The summed E-state index contributed by atoms with van der Waals surface area (Å²) in [5.41, 5.74) is 1.35. The maximum atomic E-state index is 4.04. The highest BCUT2D eigenvalue weighted by Gasteiger charge is 2.59. The molecule has 0 radical (unpaired) electrons. The minimum atomic E-state index is 0.646. The molecule has 0 saturated heterocycles. The van der Waals surface area contributed by atoms with Gasteiger partial charge in [-0.3, -0.25) is 0 Å². The molecular formula is C22H36. The molecule has 4 saturated carbocycles. The molecule has 2 unspecified atom stereocenters. The van der Waals surface area contributed by atoms with Crippen molar-refractivity contribution in [3.05, 3.63) is 12.7 Å². The number of fused-ring (bicyclic) bond motifs is 5. The first kappa shape index (κ1) is 15.3. The van der Waals surface area contributed by atoms with Crippen molar-refractivity contribution in [1.82, 2.24) is 0 Å². The Hall–Kier alpha value is -0.260. The highest BCUT2D eigenvalue weighted by molar-refractivity contribution is 5.09. The Morgan fingerprint density at radius 2 is 1.68 bits per heavy atom. The Morgan fingerprint density at radius 1 is 0.864 bits per heavy atom. The van der Waals surface area contributed by atoms with Gasteiger partial charge in [0.05, 0.1) is 0 Å². The van der Waals surface area contributed by atoms with Crippen molar-refractivity contribution in [1.29, 1.82) is 0 Å². The van der Waals surface area contributed by atoms with E-state index in [2.05, 4.69) is 26.5 Å². The molecule has 0 N–H and O–H groups in total. The summed E-state index contributed by atoms with van der Waals surface area (Å²) in [6.07, 6.45) is 18.7. The molecule has 0 aromatic carbocycles. The summed E-state index contributed by atoms with van der Waals surface area (Å²) in [5.74, 6) is 5.17. The van der Waals surface area contributed by atoms with Crippen molar-refractivity contribution in [2.24, 2.45) is 40.4 Å². The molecule has 4 rings (SSSR count). The van der Waals surface area contributed by atoms with Crippen LogP contribution in [-0.4, -0.2) is 0 Å². The number of rotatable bonds is 2. The van der Waals surface area contributed by atoms with Gasteiger partial charge in [0.25, 0.3) is 0 Å². The molecule has 0 aliphatic heterocycles. The fraction of sp³-hybridized carbons (Fsp3) is 0.909. The summed E-state index contributed by atoms with van der Waals surface area (Å²) in [7, 11) is 0. The molecule has 4 fully saturated rings. The van der Waals surface area contributed by atoms with Crippen LogP contribution in [0.3, 0.4) is 0 Å². The molecule has 0 amide bonds. The van der Waals surface area contributed by atoms with Crippen LogP contribution >= 0.6 is 0 Å². The molecule has 0 bridgehead atoms. The third-order valence-electron chi connectivity index (χ3n) is 9.23. The average molecular weight is 301 g/mol. The van der Waals surface area contributed by atoms with Gasteiger partial charge in [-0.2, -0.15) is 0 Å². The third kappa shape index (κ3) is 2.01. The second-order valence-corrected chi connectivity index (χ2v) is 9.75. The van der Waals surface area contributed by atoms with Crippen LogP contribution in [0, 0.1) is 40.4 Å². The van der Waals surface area contributed by atoms with E-state index in [9.17, 15) is 0 Å². The van der Waals surface area contributed by atoms with E-state index in [4.69, 9.17) is 0 Å². The third-order valence-corrected chi connectivity index (χ3v) is 9.23. The first-order chi connectivity index (χ1) is 10.6. The van der Waals surface area contributed by atoms with Crippen LogP contribution < -0.4 is 0 Å². The Labute approximate surface area is 138 Å². The van der Waals surface area contributed by atoms with Crippen LogP contribution in [0.25, 0.3) is 0 Å². The van der Waals surface area contributed by atoms with E-state index in [-0.39, 0.29) is 0 Å². The Morgan fingerprint density at radius 3 is 2.50 bits per heavy atom. The summed E-state index contributed by atoms with van der Waals surface area (Å²) < 4.78 is 0. The lowest BCUT2D eigenvalue weighted by Crippen LogP contribution is -2.52. The van der Waals surface area contributed by atoms with Crippen molar-refractivity contribution in [2.45, 2.75) is 84.5 Å². The highest BCUT2D eigenvalue weighted by atomic mass is 14.6. The number of hydrogen-bond donors (Lipinski definition) is 0. The first-order valence-corrected chi connectivity index (χ1v) is 10.2. The molecule has 4 aliphatic carbocycles. The fourth-order valence-corrected chi connectivity index (χ4v) is 7.99. The molecule has 0 spiro atoms. The largest absolute Gasteiger partial charge is 0.103 e. The van der Waals surface area contributed by atoms with Gasteiger partial charge in [-0.1, -0.05) is 32.8 Å². The molecule has 4 aliphatic rings.